The summed E-state index contributed by atoms with van der Waals surface area (Å²) in [5.41, 5.74) is 1.14. The minimum absolute atomic E-state index is 0.0843. The van der Waals surface area contributed by atoms with Crippen LogP contribution in [0.5, 0.6) is 0 Å². The van der Waals surface area contributed by atoms with Crippen LogP contribution in [0, 0.1) is 0 Å². The lowest BCUT2D eigenvalue weighted by atomic mass is 10.2. The van der Waals surface area contributed by atoms with Crippen molar-refractivity contribution in [1.82, 2.24) is 10.6 Å². The fourth-order valence-corrected chi connectivity index (χ4v) is 3.88. The van der Waals surface area contributed by atoms with Crippen molar-refractivity contribution in [2.75, 3.05) is 12.3 Å². The van der Waals surface area contributed by atoms with Gasteiger partial charge in [-0.2, -0.15) is 11.8 Å². The zero-order chi connectivity index (χ0) is 14.2. The maximum absolute atomic E-state index is 11.9. The number of thioether (sulfide) groups is 1. The first-order valence-corrected chi connectivity index (χ1v) is 8.50. The number of hydrogen-bond donors (Lipinski definition) is 2. The van der Waals surface area contributed by atoms with E-state index in [1.165, 1.54) is 19.3 Å². The Bertz CT molecular complexity index is 410. The van der Waals surface area contributed by atoms with Crippen LogP contribution in [0.1, 0.15) is 31.7 Å². The lowest BCUT2D eigenvalue weighted by Crippen LogP contribution is -2.41. The van der Waals surface area contributed by atoms with Gasteiger partial charge in [-0.1, -0.05) is 43.7 Å². The summed E-state index contributed by atoms with van der Waals surface area (Å²) in [6, 6.07) is 10.5. The van der Waals surface area contributed by atoms with E-state index in [-0.39, 0.29) is 5.91 Å². The number of carbonyl (C=O) groups excluding carboxylic acids is 1. The molecule has 1 fully saturated rings. The van der Waals surface area contributed by atoms with E-state index < -0.39 is 0 Å². The van der Waals surface area contributed by atoms with Crippen LogP contribution in [0.4, 0.5) is 0 Å². The van der Waals surface area contributed by atoms with Crippen molar-refractivity contribution in [3.8, 4) is 0 Å². The summed E-state index contributed by atoms with van der Waals surface area (Å²) in [6.07, 6.45) is 3.76. The van der Waals surface area contributed by atoms with Crippen molar-refractivity contribution in [2.24, 2.45) is 0 Å². The van der Waals surface area contributed by atoms with E-state index in [0.717, 1.165) is 11.3 Å². The van der Waals surface area contributed by atoms with Gasteiger partial charge in [0.05, 0.1) is 6.54 Å². The van der Waals surface area contributed by atoms with Crippen LogP contribution in [0.25, 0.3) is 0 Å². The summed E-state index contributed by atoms with van der Waals surface area (Å²) in [5, 5.41) is 7.06. The Morgan fingerprint density at radius 3 is 2.85 bits per heavy atom. The summed E-state index contributed by atoms with van der Waals surface area (Å²) < 4.78 is 0. The van der Waals surface area contributed by atoms with Crippen molar-refractivity contribution in [3.05, 3.63) is 35.9 Å². The lowest BCUT2D eigenvalue weighted by Gasteiger charge is -2.19. The lowest BCUT2D eigenvalue weighted by molar-refractivity contribution is -0.120. The molecule has 0 saturated heterocycles. The SMILES string of the molecule is CCS[C@H]1CCC[C@@H]1NCC(=O)NCc1ccccc1. The normalized spacial score (nSPS) is 21.9. The Kier molecular flexibility index (Phi) is 6.40. The third-order valence-electron chi connectivity index (χ3n) is 3.69. The van der Waals surface area contributed by atoms with Crippen molar-refractivity contribution in [2.45, 2.75) is 44.0 Å². The molecule has 0 heterocycles. The standard InChI is InChI=1S/C16H24N2OS/c1-2-20-15-10-6-9-14(15)17-12-16(19)18-11-13-7-4-3-5-8-13/h3-5,7-8,14-15,17H,2,6,9-12H2,1H3,(H,18,19)/t14-,15-/m0/s1. The summed E-state index contributed by atoms with van der Waals surface area (Å²) in [5.74, 6) is 1.24. The van der Waals surface area contributed by atoms with Gasteiger partial charge >= 0.3 is 0 Å². The Morgan fingerprint density at radius 1 is 1.30 bits per heavy atom. The minimum Gasteiger partial charge on any atom is -0.351 e. The largest absolute Gasteiger partial charge is 0.351 e. The zero-order valence-electron chi connectivity index (χ0n) is 12.1. The maximum Gasteiger partial charge on any atom is 0.234 e. The average Bonchev–Trinajstić information content (AvgIpc) is 2.92. The molecule has 0 bridgehead atoms. The van der Waals surface area contributed by atoms with Crippen LogP contribution in [-0.2, 0) is 11.3 Å². The number of benzene rings is 1. The molecule has 20 heavy (non-hydrogen) atoms. The highest BCUT2D eigenvalue weighted by Crippen LogP contribution is 2.29. The summed E-state index contributed by atoms with van der Waals surface area (Å²) in [7, 11) is 0. The first-order valence-electron chi connectivity index (χ1n) is 7.45. The average molecular weight is 292 g/mol. The first kappa shape index (κ1) is 15.4. The highest BCUT2D eigenvalue weighted by Gasteiger charge is 2.26. The van der Waals surface area contributed by atoms with E-state index in [0.29, 0.717) is 24.4 Å². The van der Waals surface area contributed by atoms with Gasteiger partial charge in [0.25, 0.3) is 0 Å². The van der Waals surface area contributed by atoms with Gasteiger partial charge in [0.1, 0.15) is 0 Å². The molecule has 4 heteroatoms. The van der Waals surface area contributed by atoms with Crippen LogP contribution >= 0.6 is 11.8 Å². The van der Waals surface area contributed by atoms with Crippen molar-refractivity contribution in [1.29, 1.82) is 0 Å². The molecule has 0 radical (unpaired) electrons. The van der Waals surface area contributed by atoms with Crippen LogP contribution in [0.3, 0.4) is 0 Å². The molecule has 1 aromatic carbocycles. The highest BCUT2D eigenvalue weighted by molar-refractivity contribution is 7.99. The van der Waals surface area contributed by atoms with Crippen molar-refractivity contribution >= 4 is 17.7 Å². The van der Waals surface area contributed by atoms with Crippen LogP contribution in [0.15, 0.2) is 30.3 Å². The number of carbonyl (C=O) groups is 1. The Balaban J connectivity index is 1.67. The molecule has 0 unspecified atom stereocenters. The van der Waals surface area contributed by atoms with Crippen LogP contribution in [0.2, 0.25) is 0 Å². The molecule has 1 aromatic rings. The maximum atomic E-state index is 11.9. The zero-order valence-corrected chi connectivity index (χ0v) is 12.9. The molecule has 110 valence electrons. The smallest absolute Gasteiger partial charge is 0.234 e. The topological polar surface area (TPSA) is 41.1 Å². The molecule has 1 amide bonds. The molecule has 3 nitrogen and oxygen atoms in total. The summed E-state index contributed by atoms with van der Waals surface area (Å²) >= 11 is 2.01. The van der Waals surface area contributed by atoms with Gasteiger partial charge in [0.15, 0.2) is 0 Å². The Morgan fingerprint density at radius 2 is 2.10 bits per heavy atom. The number of nitrogens with one attached hydrogen (secondary N) is 2. The highest BCUT2D eigenvalue weighted by atomic mass is 32.2. The van der Waals surface area contributed by atoms with Crippen molar-refractivity contribution < 1.29 is 4.79 Å². The van der Waals surface area contributed by atoms with E-state index in [2.05, 4.69) is 17.6 Å². The Labute approximate surface area is 125 Å². The number of rotatable bonds is 7. The quantitative estimate of drug-likeness (QED) is 0.811. The second kappa shape index (κ2) is 8.32. The predicted octanol–water partition coefficient (Wildman–Crippen LogP) is 2.57. The molecule has 2 atom stereocenters. The fourth-order valence-electron chi connectivity index (χ4n) is 2.66. The van der Waals surface area contributed by atoms with Gasteiger partial charge in [-0.05, 0) is 24.2 Å². The first-order chi connectivity index (χ1) is 9.79. The molecule has 2 N–H and O–H groups in total. The van der Waals surface area contributed by atoms with E-state index in [1.54, 1.807) is 0 Å². The number of amides is 1. The Hall–Kier alpha value is -1.00. The number of hydrogen-bond acceptors (Lipinski definition) is 3. The van der Waals surface area contributed by atoms with E-state index in [9.17, 15) is 4.79 Å². The molecule has 0 aliphatic heterocycles. The molecule has 1 aliphatic carbocycles. The molecular weight excluding hydrogens is 268 g/mol. The summed E-state index contributed by atoms with van der Waals surface area (Å²) in [6.45, 7) is 3.24. The van der Waals surface area contributed by atoms with Gasteiger partial charge in [-0.15, -0.1) is 0 Å². The van der Waals surface area contributed by atoms with Crippen LogP contribution in [-0.4, -0.2) is 29.5 Å². The molecule has 1 aliphatic rings. The molecule has 2 rings (SSSR count). The fraction of sp³-hybridized carbons (Fsp3) is 0.562. The minimum atomic E-state index is 0.0843. The van der Waals surface area contributed by atoms with E-state index >= 15 is 0 Å². The predicted molar refractivity (Wildman–Crippen MR) is 85.9 cm³/mol. The molecule has 1 saturated carbocycles. The van der Waals surface area contributed by atoms with Crippen LogP contribution < -0.4 is 10.6 Å². The second-order valence-electron chi connectivity index (χ2n) is 5.17. The molecular formula is C16H24N2OS. The van der Waals surface area contributed by atoms with E-state index in [1.807, 2.05) is 42.1 Å². The molecule has 0 spiro atoms. The summed E-state index contributed by atoms with van der Waals surface area (Å²) in [4.78, 5) is 11.9. The third-order valence-corrected chi connectivity index (χ3v) is 5.02. The van der Waals surface area contributed by atoms with Crippen molar-refractivity contribution in [3.63, 3.8) is 0 Å². The van der Waals surface area contributed by atoms with Gasteiger partial charge in [-0.3, -0.25) is 4.79 Å². The van der Waals surface area contributed by atoms with Gasteiger partial charge in [0.2, 0.25) is 5.91 Å². The second-order valence-corrected chi connectivity index (χ2v) is 6.69. The third kappa shape index (κ3) is 4.84. The van der Waals surface area contributed by atoms with Gasteiger partial charge < -0.3 is 10.6 Å². The van der Waals surface area contributed by atoms with Gasteiger partial charge in [0, 0.05) is 17.8 Å². The van der Waals surface area contributed by atoms with E-state index in [4.69, 9.17) is 0 Å². The molecule has 0 aromatic heterocycles. The van der Waals surface area contributed by atoms with Gasteiger partial charge in [-0.25, -0.2) is 0 Å². The monoisotopic (exact) mass is 292 g/mol.